The molecule has 2 rings (SSSR count). The molecule has 118 valence electrons. The van der Waals surface area contributed by atoms with Gasteiger partial charge in [0.15, 0.2) is 5.22 Å². The number of alkyl carbamates (subject to hydrolysis) is 1. The van der Waals surface area contributed by atoms with Gasteiger partial charge in [-0.15, -0.1) is 0 Å². The Labute approximate surface area is 130 Å². The van der Waals surface area contributed by atoms with Crippen molar-refractivity contribution >= 4 is 17.7 Å². The van der Waals surface area contributed by atoms with Gasteiger partial charge >= 0.3 is 6.09 Å². The van der Waals surface area contributed by atoms with Crippen molar-refractivity contribution < 1.29 is 13.9 Å². The average Bonchev–Trinajstić information content (AvgIpc) is 2.69. The van der Waals surface area contributed by atoms with Gasteiger partial charge in [0.1, 0.15) is 11.4 Å². The van der Waals surface area contributed by atoms with E-state index in [1.165, 1.54) is 0 Å². The standard InChI is InChI=1S/C15H23ClN2O3/c1-14(2,3)21-13(19)18-15(7-4-8-15)10-17-9-11-5-6-12(16)20-11/h5-6,17H,4,7-10H2,1-3H3,(H,18,19). The lowest BCUT2D eigenvalue weighted by molar-refractivity contribution is 0.0382. The lowest BCUT2D eigenvalue weighted by atomic mass is 9.76. The Balaban J connectivity index is 1.80. The van der Waals surface area contributed by atoms with Crippen LogP contribution in [0.3, 0.4) is 0 Å². The van der Waals surface area contributed by atoms with E-state index in [1.807, 2.05) is 26.8 Å². The number of amides is 1. The SMILES string of the molecule is CC(C)(C)OC(=O)NC1(CNCc2ccc(Cl)o2)CCC1. The molecule has 0 radical (unpaired) electrons. The maximum absolute atomic E-state index is 11.9. The number of nitrogens with one attached hydrogen (secondary N) is 2. The highest BCUT2D eigenvalue weighted by molar-refractivity contribution is 6.28. The summed E-state index contributed by atoms with van der Waals surface area (Å²) >= 11 is 5.73. The molecule has 1 aliphatic rings. The van der Waals surface area contributed by atoms with Crippen LogP contribution in [0.4, 0.5) is 4.79 Å². The van der Waals surface area contributed by atoms with Crippen LogP contribution in [0.2, 0.25) is 5.22 Å². The van der Waals surface area contributed by atoms with E-state index >= 15 is 0 Å². The van der Waals surface area contributed by atoms with Crippen molar-refractivity contribution in [1.82, 2.24) is 10.6 Å². The molecule has 1 amide bonds. The molecule has 1 aliphatic carbocycles. The molecule has 1 fully saturated rings. The van der Waals surface area contributed by atoms with Crippen LogP contribution in [-0.2, 0) is 11.3 Å². The van der Waals surface area contributed by atoms with Gasteiger partial charge < -0.3 is 19.8 Å². The Morgan fingerprint density at radius 3 is 2.62 bits per heavy atom. The maximum Gasteiger partial charge on any atom is 0.408 e. The normalized spacial score (nSPS) is 17.1. The zero-order valence-electron chi connectivity index (χ0n) is 12.8. The third-order valence-corrected chi connectivity index (χ3v) is 3.67. The van der Waals surface area contributed by atoms with E-state index in [1.54, 1.807) is 6.07 Å². The third kappa shape index (κ3) is 4.93. The summed E-state index contributed by atoms with van der Waals surface area (Å²) in [7, 11) is 0. The lowest BCUT2D eigenvalue weighted by Crippen LogP contribution is -2.59. The van der Waals surface area contributed by atoms with Crippen LogP contribution in [0.15, 0.2) is 16.5 Å². The number of carbonyl (C=O) groups excluding carboxylic acids is 1. The third-order valence-electron chi connectivity index (χ3n) is 3.47. The number of hydrogen-bond donors (Lipinski definition) is 2. The predicted molar refractivity (Wildman–Crippen MR) is 81.4 cm³/mol. The summed E-state index contributed by atoms with van der Waals surface area (Å²) in [6.07, 6.45) is 2.67. The number of carbonyl (C=O) groups is 1. The zero-order chi connectivity index (χ0) is 15.5. The molecule has 0 aromatic carbocycles. The molecule has 0 saturated heterocycles. The van der Waals surface area contributed by atoms with Crippen LogP contribution in [0, 0.1) is 0 Å². The van der Waals surface area contributed by atoms with Crippen molar-refractivity contribution in [3.8, 4) is 0 Å². The first kappa shape index (κ1) is 16.2. The first-order chi connectivity index (χ1) is 9.78. The topological polar surface area (TPSA) is 63.5 Å². The molecule has 1 heterocycles. The van der Waals surface area contributed by atoms with Crippen LogP contribution in [0.25, 0.3) is 0 Å². The summed E-state index contributed by atoms with van der Waals surface area (Å²) in [4.78, 5) is 11.9. The summed E-state index contributed by atoms with van der Waals surface area (Å²) in [5.74, 6) is 0.784. The molecule has 5 nitrogen and oxygen atoms in total. The summed E-state index contributed by atoms with van der Waals surface area (Å²) in [5.41, 5.74) is -0.688. The molecule has 2 N–H and O–H groups in total. The molecule has 1 aromatic heterocycles. The van der Waals surface area contributed by atoms with Crippen molar-refractivity contribution in [2.24, 2.45) is 0 Å². The number of ether oxygens (including phenoxy) is 1. The monoisotopic (exact) mass is 314 g/mol. The Morgan fingerprint density at radius 2 is 2.14 bits per heavy atom. The molecule has 0 spiro atoms. The number of hydrogen-bond acceptors (Lipinski definition) is 4. The van der Waals surface area contributed by atoms with Crippen LogP contribution in [0.1, 0.15) is 45.8 Å². The second-order valence-electron chi connectivity index (χ2n) is 6.57. The fourth-order valence-corrected chi connectivity index (χ4v) is 2.50. The van der Waals surface area contributed by atoms with Crippen molar-refractivity contribution in [3.63, 3.8) is 0 Å². The fraction of sp³-hybridized carbons (Fsp3) is 0.667. The summed E-state index contributed by atoms with van der Waals surface area (Å²) in [6.45, 7) is 6.85. The van der Waals surface area contributed by atoms with Gasteiger partial charge in [-0.1, -0.05) is 0 Å². The second-order valence-corrected chi connectivity index (χ2v) is 6.94. The van der Waals surface area contributed by atoms with Gasteiger partial charge in [0.25, 0.3) is 0 Å². The van der Waals surface area contributed by atoms with Gasteiger partial charge in [0.2, 0.25) is 0 Å². The summed E-state index contributed by atoms with van der Waals surface area (Å²) in [5, 5.41) is 6.69. The molecule has 6 heteroatoms. The van der Waals surface area contributed by atoms with E-state index in [-0.39, 0.29) is 11.6 Å². The van der Waals surface area contributed by atoms with E-state index in [0.29, 0.717) is 18.3 Å². The van der Waals surface area contributed by atoms with E-state index in [2.05, 4.69) is 10.6 Å². The average molecular weight is 315 g/mol. The summed E-state index contributed by atoms with van der Waals surface area (Å²) < 4.78 is 10.6. The minimum absolute atomic E-state index is 0.210. The van der Waals surface area contributed by atoms with Gasteiger partial charge in [-0.05, 0) is 63.8 Å². The first-order valence-corrected chi connectivity index (χ1v) is 7.62. The molecule has 1 aromatic rings. The van der Waals surface area contributed by atoms with E-state index < -0.39 is 5.60 Å². The Bertz CT molecular complexity index is 489. The largest absolute Gasteiger partial charge is 0.448 e. The minimum Gasteiger partial charge on any atom is -0.448 e. The molecule has 0 atom stereocenters. The smallest absolute Gasteiger partial charge is 0.408 e. The van der Waals surface area contributed by atoms with Gasteiger partial charge in [-0.3, -0.25) is 0 Å². The number of furan rings is 1. The van der Waals surface area contributed by atoms with Crippen molar-refractivity contribution in [2.45, 2.75) is 57.7 Å². The van der Waals surface area contributed by atoms with Crippen molar-refractivity contribution in [1.29, 1.82) is 0 Å². The molecule has 0 bridgehead atoms. The van der Waals surface area contributed by atoms with Gasteiger partial charge in [-0.25, -0.2) is 4.79 Å². The van der Waals surface area contributed by atoms with Gasteiger partial charge in [0, 0.05) is 6.54 Å². The number of rotatable bonds is 5. The highest BCUT2D eigenvalue weighted by Gasteiger charge is 2.39. The van der Waals surface area contributed by atoms with E-state index in [4.69, 9.17) is 20.8 Å². The van der Waals surface area contributed by atoms with Crippen molar-refractivity contribution in [3.05, 3.63) is 23.1 Å². The van der Waals surface area contributed by atoms with Crippen LogP contribution >= 0.6 is 11.6 Å². The maximum atomic E-state index is 11.9. The van der Waals surface area contributed by atoms with E-state index in [9.17, 15) is 4.79 Å². The zero-order valence-corrected chi connectivity index (χ0v) is 13.5. The summed E-state index contributed by atoms with van der Waals surface area (Å²) in [6, 6.07) is 3.56. The van der Waals surface area contributed by atoms with E-state index in [0.717, 1.165) is 25.0 Å². The highest BCUT2D eigenvalue weighted by Crippen LogP contribution is 2.31. The molecule has 0 unspecified atom stereocenters. The number of halogens is 1. The molecular weight excluding hydrogens is 292 g/mol. The Morgan fingerprint density at radius 1 is 1.43 bits per heavy atom. The predicted octanol–water partition coefficient (Wildman–Crippen LogP) is 3.47. The molecular formula is C15H23ClN2O3. The minimum atomic E-state index is -0.479. The van der Waals surface area contributed by atoms with Crippen molar-refractivity contribution in [2.75, 3.05) is 6.54 Å². The molecule has 0 aliphatic heterocycles. The van der Waals surface area contributed by atoms with Crippen LogP contribution in [0.5, 0.6) is 0 Å². The Hall–Kier alpha value is -1.20. The first-order valence-electron chi connectivity index (χ1n) is 7.24. The highest BCUT2D eigenvalue weighted by atomic mass is 35.5. The fourth-order valence-electron chi connectivity index (χ4n) is 2.34. The van der Waals surface area contributed by atoms with Gasteiger partial charge in [0.05, 0.1) is 12.1 Å². The molecule has 1 saturated carbocycles. The van der Waals surface area contributed by atoms with Crippen LogP contribution < -0.4 is 10.6 Å². The quantitative estimate of drug-likeness (QED) is 0.873. The lowest BCUT2D eigenvalue weighted by Gasteiger charge is -2.42. The Kier molecular flexibility index (Phi) is 4.84. The van der Waals surface area contributed by atoms with Gasteiger partial charge in [-0.2, -0.15) is 0 Å². The second kappa shape index (κ2) is 6.28. The van der Waals surface area contributed by atoms with Crippen LogP contribution in [-0.4, -0.2) is 23.8 Å². The molecule has 21 heavy (non-hydrogen) atoms.